The van der Waals surface area contributed by atoms with Gasteiger partial charge in [-0.3, -0.25) is 4.79 Å². The van der Waals surface area contributed by atoms with Gasteiger partial charge in [-0.05, 0) is 19.9 Å². The van der Waals surface area contributed by atoms with Gasteiger partial charge in [-0.15, -0.1) is 0 Å². The molecular weight excluding hydrogens is 180 g/mol. The fourth-order valence-corrected chi connectivity index (χ4v) is 1.56. The third-order valence-electron chi connectivity index (χ3n) is 2.47. The minimum atomic E-state index is -0.758. The fourth-order valence-electron chi connectivity index (χ4n) is 1.56. The monoisotopic (exact) mass is 200 g/mol. The maximum absolute atomic E-state index is 10.9. The van der Waals surface area contributed by atoms with Crippen LogP contribution in [0.2, 0.25) is 0 Å². The minimum Gasteiger partial charge on any atom is -0.480 e. The van der Waals surface area contributed by atoms with Crippen LogP contribution in [0, 0.1) is 0 Å². The Morgan fingerprint density at radius 1 is 1.57 bits per heavy atom. The van der Waals surface area contributed by atoms with Crippen LogP contribution in [-0.4, -0.2) is 47.7 Å². The quantitative estimate of drug-likeness (QED) is 0.657. The van der Waals surface area contributed by atoms with E-state index in [4.69, 9.17) is 5.11 Å². The Labute approximate surface area is 85.3 Å². The number of nitrogens with one attached hydrogen (secondary N) is 1. The molecule has 82 valence electrons. The number of rotatable bonds is 6. The molecular formula is C10H20N2O2. The number of nitrogens with zero attached hydrogens (tertiary/aromatic N) is 1. The molecule has 0 amide bonds. The van der Waals surface area contributed by atoms with Crippen LogP contribution in [0.3, 0.4) is 0 Å². The van der Waals surface area contributed by atoms with Gasteiger partial charge in [0.05, 0.1) is 0 Å². The lowest BCUT2D eigenvalue weighted by Gasteiger charge is -2.23. The molecule has 14 heavy (non-hydrogen) atoms. The van der Waals surface area contributed by atoms with E-state index in [9.17, 15) is 4.79 Å². The zero-order valence-electron chi connectivity index (χ0n) is 9.16. The van der Waals surface area contributed by atoms with Crippen molar-refractivity contribution >= 4 is 5.97 Å². The summed E-state index contributed by atoms with van der Waals surface area (Å²) in [6.07, 6.45) is 2.43. The second kappa shape index (κ2) is 4.75. The summed E-state index contributed by atoms with van der Waals surface area (Å²) in [6.45, 7) is 4.53. The van der Waals surface area contributed by atoms with Crippen LogP contribution in [0.4, 0.5) is 0 Å². The second-order valence-electron chi connectivity index (χ2n) is 4.38. The lowest BCUT2D eigenvalue weighted by molar-refractivity contribution is -0.140. The van der Waals surface area contributed by atoms with Crippen molar-refractivity contribution in [3.63, 3.8) is 0 Å². The normalized spacial score (nSPS) is 18.9. The first-order chi connectivity index (χ1) is 6.50. The Kier molecular flexibility index (Phi) is 3.89. The zero-order valence-corrected chi connectivity index (χ0v) is 9.16. The molecule has 1 rings (SSSR count). The fraction of sp³-hybridized carbons (Fsp3) is 0.900. The molecule has 0 saturated heterocycles. The topological polar surface area (TPSA) is 52.6 Å². The molecule has 0 heterocycles. The van der Waals surface area contributed by atoms with Crippen molar-refractivity contribution in [2.24, 2.45) is 0 Å². The van der Waals surface area contributed by atoms with Crippen LogP contribution in [0.25, 0.3) is 0 Å². The van der Waals surface area contributed by atoms with E-state index < -0.39 is 12.0 Å². The standard InChI is InChI=1S/C10H20N2O2/c1-7(2)11-9(10(13)14)6-12(3)8-4-5-8/h7-9,11H,4-6H2,1-3H3,(H,13,14). The molecule has 1 unspecified atom stereocenters. The van der Waals surface area contributed by atoms with Crippen molar-refractivity contribution in [1.82, 2.24) is 10.2 Å². The SMILES string of the molecule is CC(C)NC(CN(C)C1CC1)C(=O)O. The first-order valence-corrected chi connectivity index (χ1v) is 5.19. The molecule has 0 radical (unpaired) electrons. The average Bonchev–Trinajstić information content (AvgIpc) is 2.83. The van der Waals surface area contributed by atoms with Gasteiger partial charge in [-0.25, -0.2) is 0 Å². The Hall–Kier alpha value is -0.610. The Balaban J connectivity index is 2.37. The third kappa shape index (κ3) is 3.64. The molecule has 0 aromatic heterocycles. The molecule has 1 atom stereocenters. The first kappa shape index (κ1) is 11.5. The van der Waals surface area contributed by atoms with Crippen molar-refractivity contribution < 1.29 is 9.90 Å². The van der Waals surface area contributed by atoms with Crippen molar-refractivity contribution in [1.29, 1.82) is 0 Å². The maximum Gasteiger partial charge on any atom is 0.322 e. The van der Waals surface area contributed by atoms with Gasteiger partial charge < -0.3 is 15.3 Å². The van der Waals surface area contributed by atoms with E-state index in [2.05, 4.69) is 10.2 Å². The summed E-state index contributed by atoms with van der Waals surface area (Å²) in [5.41, 5.74) is 0. The maximum atomic E-state index is 10.9. The molecule has 0 aromatic rings. The Morgan fingerprint density at radius 2 is 2.14 bits per heavy atom. The van der Waals surface area contributed by atoms with Gasteiger partial charge in [0.1, 0.15) is 6.04 Å². The highest BCUT2D eigenvalue weighted by atomic mass is 16.4. The van der Waals surface area contributed by atoms with Crippen LogP contribution in [0.5, 0.6) is 0 Å². The van der Waals surface area contributed by atoms with E-state index in [-0.39, 0.29) is 6.04 Å². The Morgan fingerprint density at radius 3 is 2.50 bits per heavy atom. The molecule has 0 bridgehead atoms. The lowest BCUT2D eigenvalue weighted by atomic mass is 10.2. The molecule has 0 aromatic carbocycles. The third-order valence-corrected chi connectivity index (χ3v) is 2.47. The highest BCUT2D eigenvalue weighted by Gasteiger charge is 2.29. The van der Waals surface area contributed by atoms with Gasteiger partial charge in [-0.2, -0.15) is 0 Å². The van der Waals surface area contributed by atoms with Crippen LogP contribution >= 0.6 is 0 Å². The van der Waals surface area contributed by atoms with E-state index in [0.29, 0.717) is 12.6 Å². The number of carbonyl (C=O) groups is 1. The van der Waals surface area contributed by atoms with Gasteiger partial charge in [0.15, 0.2) is 0 Å². The molecule has 4 nitrogen and oxygen atoms in total. The summed E-state index contributed by atoms with van der Waals surface area (Å²) < 4.78 is 0. The van der Waals surface area contributed by atoms with E-state index >= 15 is 0 Å². The van der Waals surface area contributed by atoms with Crippen molar-refractivity contribution in [3.05, 3.63) is 0 Å². The van der Waals surface area contributed by atoms with Crippen molar-refractivity contribution in [2.75, 3.05) is 13.6 Å². The predicted octanol–water partition coefficient (Wildman–Crippen LogP) is 0.532. The van der Waals surface area contributed by atoms with E-state index in [0.717, 1.165) is 0 Å². The van der Waals surface area contributed by atoms with Gasteiger partial charge in [0.2, 0.25) is 0 Å². The minimum absolute atomic E-state index is 0.212. The van der Waals surface area contributed by atoms with E-state index in [1.165, 1.54) is 12.8 Å². The number of likely N-dealkylation sites (N-methyl/N-ethyl adjacent to an activating group) is 1. The molecule has 1 saturated carbocycles. The van der Waals surface area contributed by atoms with Gasteiger partial charge >= 0.3 is 5.97 Å². The number of hydrogen-bond donors (Lipinski definition) is 2. The molecule has 1 fully saturated rings. The largest absolute Gasteiger partial charge is 0.480 e. The number of hydrogen-bond acceptors (Lipinski definition) is 3. The van der Waals surface area contributed by atoms with Gasteiger partial charge in [0.25, 0.3) is 0 Å². The van der Waals surface area contributed by atoms with E-state index in [1.807, 2.05) is 20.9 Å². The Bertz CT molecular complexity index is 202. The summed E-state index contributed by atoms with van der Waals surface area (Å²) in [4.78, 5) is 13.1. The zero-order chi connectivity index (χ0) is 10.7. The number of carboxylic acid groups (broad SMARTS) is 1. The van der Waals surface area contributed by atoms with Gasteiger partial charge in [-0.1, -0.05) is 13.8 Å². The summed E-state index contributed by atoms with van der Waals surface area (Å²) in [7, 11) is 2.00. The summed E-state index contributed by atoms with van der Waals surface area (Å²) >= 11 is 0. The van der Waals surface area contributed by atoms with E-state index in [1.54, 1.807) is 0 Å². The smallest absolute Gasteiger partial charge is 0.322 e. The first-order valence-electron chi connectivity index (χ1n) is 5.19. The highest BCUT2D eigenvalue weighted by Crippen LogP contribution is 2.25. The molecule has 2 N–H and O–H groups in total. The predicted molar refractivity (Wildman–Crippen MR) is 55.3 cm³/mol. The van der Waals surface area contributed by atoms with Crippen LogP contribution < -0.4 is 5.32 Å². The van der Waals surface area contributed by atoms with Crippen molar-refractivity contribution in [3.8, 4) is 0 Å². The summed E-state index contributed by atoms with van der Waals surface area (Å²) in [6, 6.07) is 0.384. The van der Waals surface area contributed by atoms with Gasteiger partial charge in [0, 0.05) is 18.6 Å². The molecule has 4 heteroatoms. The second-order valence-corrected chi connectivity index (χ2v) is 4.38. The number of aliphatic carboxylic acids is 1. The van der Waals surface area contributed by atoms with Crippen molar-refractivity contribution in [2.45, 2.75) is 44.8 Å². The summed E-state index contributed by atoms with van der Waals surface area (Å²) in [5.74, 6) is -0.758. The number of carboxylic acids is 1. The lowest BCUT2D eigenvalue weighted by Crippen LogP contribution is -2.48. The molecule has 1 aliphatic rings. The van der Waals surface area contributed by atoms with Crippen LogP contribution in [0.1, 0.15) is 26.7 Å². The molecule has 0 spiro atoms. The molecule has 1 aliphatic carbocycles. The molecule has 0 aliphatic heterocycles. The average molecular weight is 200 g/mol. The summed E-state index contributed by atoms with van der Waals surface area (Å²) in [5, 5.41) is 12.0. The highest BCUT2D eigenvalue weighted by molar-refractivity contribution is 5.73. The van der Waals surface area contributed by atoms with Crippen LogP contribution in [0.15, 0.2) is 0 Å². The van der Waals surface area contributed by atoms with Crippen LogP contribution in [-0.2, 0) is 4.79 Å².